The highest BCUT2D eigenvalue weighted by Crippen LogP contribution is 2.30. The molecule has 1 aromatic rings. The van der Waals surface area contributed by atoms with Crippen LogP contribution in [0.15, 0.2) is 18.2 Å². The zero-order valence-electron chi connectivity index (χ0n) is 16.0. The maximum Gasteiger partial charge on any atom is 0.264 e. The number of nitrogens with one attached hydrogen (secondary N) is 3. The first kappa shape index (κ1) is 19.9. The summed E-state index contributed by atoms with van der Waals surface area (Å²) in [5.74, 6) is -4.42. The van der Waals surface area contributed by atoms with Crippen LogP contribution in [0.5, 0.6) is 0 Å². The quantitative estimate of drug-likeness (QED) is 0.629. The number of carbonyl (C=O) groups excluding carboxylic acids is 3. The van der Waals surface area contributed by atoms with Crippen LogP contribution in [-0.2, 0) is 22.7 Å². The van der Waals surface area contributed by atoms with Gasteiger partial charge in [-0.1, -0.05) is 12.1 Å². The zero-order chi connectivity index (χ0) is 20.6. The number of rotatable bonds is 5. The second-order valence-corrected chi connectivity index (χ2v) is 7.95. The van der Waals surface area contributed by atoms with Crippen LogP contribution in [0.4, 0.5) is 8.78 Å². The second kappa shape index (κ2) is 7.79. The average Bonchev–Trinajstić information content (AvgIpc) is 2.99. The van der Waals surface area contributed by atoms with Crippen LogP contribution < -0.4 is 16.0 Å². The van der Waals surface area contributed by atoms with E-state index in [-0.39, 0.29) is 31.3 Å². The number of nitrogens with zero attached hydrogens (tertiary/aromatic N) is 1. The number of piperidine rings is 2. The summed E-state index contributed by atoms with van der Waals surface area (Å²) in [4.78, 5) is 37.8. The molecule has 7 nitrogen and oxygen atoms in total. The molecular weight excluding hydrogens is 382 g/mol. The van der Waals surface area contributed by atoms with Crippen molar-refractivity contribution in [2.24, 2.45) is 5.92 Å². The van der Waals surface area contributed by atoms with Crippen molar-refractivity contribution >= 4 is 17.7 Å². The van der Waals surface area contributed by atoms with E-state index in [4.69, 9.17) is 0 Å². The number of amides is 3. The normalized spacial score (nSPS) is 26.4. The molecule has 0 spiro atoms. The van der Waals surface area contributed by atoms with Gasteiger partial charge in [-0.3, -0.25) is 19.7 Å². The van der Waals surface area contributed by atoms with Gasteiger partial charge < -0.3 is 15.5 Å². The molecule has 0 aromatic heterocycles. The lowest BCUT2D eigenvalue weighted by Crippen LogP contribution is -2.52. The maximum absolute atomic E-state index is 13.9. The van der Waals surface area contributed by atoms with Crippen molar-refractivity contribution in [3.05, 3.63) is 34.9 Å². The largest absolute Gasteiger partial charge is 0.322 e. The summed E-state index contributed by atoms with van der Waals surface area (Å²) in [6.45, 7) is 1.23. The Kier molecular flexibility index (Phi) is 5.35. The van der Waals surface area contributed by atoms with E-state index < -0.39 is 23.8 Å². The summed E-state index contributed by atoms with van der Waals surface area (Å²) in [6.07, 6.45) is 0.958. The number of halogens is 2. The van der Waals surface area contributed by atoms with Gasteiger partial charge in [-0.15, -0.1) is 0 Å². The Balaban J connectivity index is 1.38. The Morgan fingerprint density at radius 2 is 2.03 bits per heavy atom. The molecule has 0 saturated carbocycles. The highest BCUT2D eigenvalue weighted by molar-refractivity contribution is 6.05. The minimum atomic E-state index is -2.72. The van der Waals surface area contributed by atoms with E-state index in [9.17, 15) is 23.2 Å². The lowest BCUT2D eigenvalue weighted by atomic mass is 9.94. The van der Waals surface area contributed by atoms with Crippen molar-refractivity contribution in [3.8, 4) is 0 Å². The zero-order valence-corrected chi connectivity index (χ0v) is 16.0. The minimum Gasteiger partial charge on any atom is -0.322 e. The number of carbonyl (C=O) groups is 3. The molecule has 0 aliphatic carbocycles. The molecule has 2 atom stereocenters. The van der Waals surface area contributed by atoms with Gasteiger partial charge in [0.25, 0.3) is 11.8 Å². The molecule has 3 amide bonds. The monoisotopic (exact) mass is 406 g/mol. The molecule has 4 rings (SSSR count). The van der Waals surface area contributed by atoms with Gasteiger partial charge in [-0.2, -0.15) is 0 Å². The van der Waals surface area contributed by atoms with Crippen LogP contribution in [0.3, 0.4) is 0 Å². The SMILES string of the molecule is O=C1CCC(N2Cc3ccc(CNCC4CCNCC4(F)F)cc3C2=O)C(=O)N1. The molecule has 0 radical (unpaired) electrons. The van der Waals surface area contributed by atoms with Crippen molar-refractivity contribution in [3.63, 3.8) is 0 Å². The standard InChI is InChI=1S/C20H24F2N4O3/c21-20(22)11-23-6-5-14(20)9-24-8-12-1-2-13-10-26(19(29)15(13)7-12)16-3-4-17(27)25-18(16)28/h1-2,7,14,16,23-24H,3-6,8-11H2,(H,25,27,28). The molecule has 29 heavy (non-hydrogen) atoms. The highest BCUT2D eigenvalue weighted by Gasteiger charge is 2.41. The fraction of sp³-hybridized carbons (Fsp3) is 0.550. The average molecular weight is 406 g/mol. The molecule has 3 aliphatic heterocycles. The van der Waals surface area contributed by atoms with E-state index in [1.165, 1.54) is 4.90 Å². The van der Waals surface area contributed by atoms with E-state index in [0.29, 0.717) is 38.0 Å². The minimum absolute atomic E-state index is 0.210. The summed E-state index contributed by atoms with van der Waals surface area (Å²) in [5, 5.41) is 8.08. The van der Waals surface area contributed by atoms with Crippen LogP contribution in [0.2, 0.25) is 0 Å². The number of hydrogen-bond acceptors (Lipinski definition) is 5. The van der Waals surface area contributed by atoms with Crippen molar-refractivity contribution in [1.29, 1.82) is 0 Å². The van der Waals surface area contributed by atoms with Gasteiger partial charge in [0.15, 0.2) is 0 Å². The predicted octanol–water partition coefficient (Wildman–Crippen LogP) is 0.782. The highest BCUT2D eigenvalue weighted by atomic mass is 19.3. The Morgan fingerprint density at radius 1 is 1.21 bits per heavy atom. The summed E-state index contributed by atoms with van der Waals surface area (Å²) < 4.78 is 27.8. The van der Waals surface area contributed by atoms with Crippen molar-refractivity contribution in [2.45, 2.75) is 44.3 Å². The van der Waals surface area contributed by atoms with Crippen LogP contribution in [-0.4, -0.2) is 54.2 Å². The van der Waals surface area contributed by atoms with Crippen LogP contribution >= 0.6 is 0 Å². The second-order valence-electron chi connectivity index (χ2n) is 7.95. The van der Waals surface area contributed by atoms with Crippen LogP contribution in [0.25, 0.3) is 0 Å². The Morgan fingerprint density at radius 3 is 2.79 bits per heavy atom. The molecule has 2 unspecified atom stereocenters. The predicted molar refractivity (Wildman–Crippen MR) is 100 cm³/mol. The summed E-state index contributed by atoms with van der Waals surface area (Å²) in [7, 11) is 0. The fourth-order valence-corrected chi connectivity index (χ4v) is 4.24. The number of alkyl halides is 2. The Hall–Kier alpha value is -2.39. The van der Waals surface area contributed by atoms with Gasteiger partial charge in [0.05, 0.1) is 6.54 Å². The van der Waals surface area contributed by atoms with Gasteiger partial charge in [0.2, 0.25) is 11.8 Å². The number of fused-ring (bicyclic) bond motifs is 1. The summed E-state index contributed by atoms with van der Waals surface area (Å²) in [5.41, 5.74) is 2.19. The van der Waals surface area contributed by atoms with E-state index in [1.807, 2.05) is 12.1 Å². The van der Waals surface area contributed by atoms with E-state index >= 15 is 0 Å². The molecule has 2 saturated heterocycles. The van der Waals surface area contributed by atoms with Gasteiger partial charge in [0.1, 0.15) is 6.04 Å². The van der Waals surface area contributed by atoms with Gasteiger partial charge in [-0.25, -0.2) is 8.78 Å². The Bertz CT molecular complexity index is 845. The molecule has 156 valence electrons. The third kappa shape index (κ3) is 4.02. The van der Waals surface area contributed by atoms with Gasteiger partial charge in [0, 0.05) is 37.5 Å². The van der Waals surface area contributed by atoms with E-state index in [1.54, 1.807) is 6.07 Å². The lowest BCUT2D eigenvalue weighted by Gasteiger charge is -2.32. The summed E-state index contributed by atoms with van der Waals surface area (Å²) in [6, 6.07) is 4.83. The van der Waals surface area contributed by atoms with Crippen LogP contribution in [0.1, 0.15) is 40.7 Å². The maximum atomic E-state index is 13.9. The molecular formula is C20H24F2N4O3. The first-order valence-electron chi connectivity index (χ1n) is 9.91. The van der Waals surface area contributed by atoms with E-state index in [2.05, 4.69) is 16.0 Å². The fourth-order valence-electron chi connectivity index (χ4n) is 4.24. The first-order valence-corrected chi connectivity index (χ1v) is 9.91. The number of imide groups is 1. The lowest BCUT2D eigenvalue weighted by molar-refractivity contribution is -0.136. The molecule has 1 aromatic carbocycles. The van der Waals surface area contributed by atoms with Crippen molar-refractivity contribution in [1.82, 2.24) is 20.9 Å². The number of benzene rings is 1. The molecule has 3 aliphatic rings. The Labute approximate surface area is 167 Å². The molecule has 2 fully saturated rings. The third-order valence-corrected chi connectivity index (χ3v) is 5.94. The van der Waals surface area contributed by atoms with Crippen molar-refractivity contribution < 1.29 is 23.2 Å². The third-order valence-electron chi connectivity index (χ3n) is 5.94. The van der Waals surface area contributed by atoms with Crippen LogP contribution in [0, 0.1) is 5.92 Å². The van der Waals surface area contributed by atoms with Gasteiger partial charge in [-0.05, 0) is 36.6 Å². The molecule has 3 heterocycles. The number of hydrogen-bond donors (Lipinski definition) is 3. The van der Waals surface area contributed by atoms with Gasteiger partial charge >= 0.3 is 0 Å². The first-order chi connectivity index (χ1) is 13.8. The van der Waals surface area contributed by atoms with E-state index in [0.717, 1.165) is 11.1 Å². The van der Waals surface area contributed by atoms with Crippen molar-refractivity contribution in [2.75, 3.05) is 19.6 Å². The molecule has 0 bridgehead atoms. The smallest absolute Gasteiger partial charge is 0.264 e. The topological polar surface area (TPSA) is 90.5 Å². The molecule has 9 heteroatoms. The molecule has 3 N–H and O–H groups in total. The summed E-state index contributed by atoms with van der Waals surface area (Å²) >= 11 is 0.